The summed E-state index contributed by atoms with van der Waals surface area (Å²) in [5.41, 5.74) is 1.20. The van der Waals surface area contributed by atoms with Crippen molar-refractivity contribution >= 4 is 0 Å². The highest BCUT2D eigenvalue weighted by molar-refractivity contribution is 5.38. The highest BCUT2D eigenvalue weighted by Gasteiger charge is 2.22. The van der Waals surface area contributed by atoms with Crippen LogP contribution in [0, 0.1) is 11.8 Å². The minimum Gasteiger partial charge on any atom is -0.203 e. The molecule has 0 aromatic rings. The van der Waals surface area contributed by atoms with Crippen LogP contribution >= 0.6 is 0 Å². The average Bonchev–Trinajstić information content (AvgIpc) is 2.55. The van der Waals surface area contributed by atoms with Crippen LogP contribution in [0.2, 0.25) is 0 Å². The summed E-state index contributed by atoms with van der Waals surface area (Å²) in [4.78, 5) is 0. The number of hydrogen-bond donors (Lipinski definition) is 0. The van der Waals surface area contributed by atoms with Crippen molar-refractivity contribution in [3.63, 3.8) is 0 Å². The van der Waals surface area contributed by atoms with E-state index in [0.29, 0.717) is 35.8 Å². The van der Waals surface area contributed by atoms with Gasteiger partial charge < -0.3 is 0 Å². The van der Waals surface area contributed by atoms with E-state index in [1.807, 2.05) is 12.2 Å². The van der Waals surface area contributed by atoms with Crippen LogP contribution in [0.1, 0.15) is 78.1 Å². The molecule has 0 aromatic heterocycles. The molecule has 2 atom stereocenters. The fourth-order valence-corrected chi connectivity index (χ4v) is 3.80. The number of hydrogen-bond acceptors (Lipinski definition) is 0. The second kappa shape index (κ2) is 8.64. The Bertz CT molecular complexity index is 414. The van der Waals surface area contributed by atoms with Crippen molar-refractivity contribution in [2.75, 3.05) is 0 Å². The van der Waals surface area contributed by atoms with Gasteiger partial charge in [-0.3, -0.25) is 0 Å². The SMILES string of the molecule is CCCC1CC=C(/C(F)=C(\F)C2=CCC(CCC)CC2)CC1. The van der Waals surface area contributed by atoms with Gasteiger partial charge >= 0.3 is 0 Å². The molecular formula is C20H30F2. The number of rotatable bonds is 6. The predicted molar refractivity (Wildman–Crippen MR) is 89.9 cm³/mol. The van der Waals surface area contributed by atoms with Crippen LogP contribution in [0.3, 0.4) is 0 Å². The molecule has 0 nitrogen and oxygen atoms in total. The first-order valence-electron chi connectivity index (χ1n) is 9.09. The molecule has 0 spiro atoms. The topological polar surface area (TPSA) is 0 Å². The molecule has 0 heterocycles. The summed E-state index contributed by atoms with van der Waals surface area (Å²) in [5, 5.41) is 0. The Labute approximate surface area is 134 Å². The second-order valence-electron chi connectivity index (χ2n) is 6.94. The Kier molecular flexibility index (Phi) is 6.85. The molecule has 0 saturated carbocycles. The van der Waals surface area contributed by atoms with E-state index in [4.69, 9.17) is 0 Å². The zero-order valence-corrected chi connectivity index (χ0v) is 14.1. The Morgan fingerprint density at radius 3 is 1.55 bits per heavy atom. The minimum absolute atomic E-state index is 0.588. The number of halogens is 2. The molecular weight excluding hydrogens is 278 g/mol. The highest BCUT2D eigenvalue weighted by atomic mass is 19.2. The van der Waals surface area contributed by atoms with Gasteiger partial charge in [-0.05, 0) is 61.5 Å². The van der Waals surface area contributed by atoms with Crippen LogP contribution in [0.25, 0.3) is 0 Å². The van der Waals surface area contributed by atoms with Gasteiger partial charge in [-0.1, -0.05) is 51.7 Å². The van der Waals surface area contributed by atoms with Gasteiger partial charge in [0.2, 0.25) is 0 Å². The minimum atomic E-state index is -0.588. The van der Waals surface area contributed by atoms with Gasteiger partial charge in [0.25, 0.3) is 0 Å². The predicted octanol–water partition coefficient (Wildman–Crippen LogP) is 7.19. The largest absolute Gasteiger partial charge is 0.203 e. The van der Waals surface area contributed by atoms with Crippen molar-refractivity contribution in [2.45, 2.75) is 78.1 Å². The zero-order valence-electron chi connectivity index (χ0n) is 14.1. The van der Waals surface area contributed by atoms with E-state index in [1.165, 1.54) is 25.7 Å². The standard InChI is InChI=1S/C20H30F2/c1-3-5-15-7-11-17(12-8-15)19(21)20(22)18-13-9-16(6-4-2)10-14-18/h11,13,15-16H,3-10,12,14H2,1-2H3/b20-19+. The van der Waals surface area contributed by atoms with E-state index in [0.717, 1.165) is 25.7 Å². The van der Waals surface area contributed by atoms with Crippen molar-refractivity contribution in [1.29, 1.82) is 0 Å². The molecule has 0 aliphatic heterocycles. The van der Waals surface area contributed by atoms with Crippen LogP contribution < -0.4 is 0 Å². The van der Waals surface area contributed by atoms with Crippen molar-refractivity contribution in [2.24, 2.45) is 11.8 Å². The van der Waals surface area contributed by atoms with Crippen LogP contribution in [0.15, 0.2) is 35.0 Å². The fraction of sp³-hybridized carbons (Fsp3) is 0.700. The van der Waals surface area contributed by atoms with Gasteiger partial charge in [-0.15, -0.1) is 0 Å². The summed E-state index contributed by atoms with van der Waals surface area (Å²) in [7, 11) is 0. The normalized spacial score (nSPS) is 27.1. The second-order valence-corrected chi connectivity index (χ2v) is 6.94. The van der Waals surface area contributed by atoms with Gasteiger partial charge in [0.1, 0.15) is 0 Å². The Hall–Kier alpha value is -0.920. The van der Waals surface area contributed by atoms with Crippen molar-refractivity contribution < 1.29 is 8.78 Å². The van der Waals surface area contributed by atoms with Gasteiger partial charge in [-0.25, -0.2) is 8.78 Å². The monoisotopic (exact) mass is 308 g/mol. The summed E-state index contributed by atoms with van der Waals surface area (Å²) in [6.45, 7) is 4.36. The first-order chi connectivity index (χ1) is 10.7. The molecule has 0 aromatic carbocycles. The fourth-order valence-electron chi connectivity index (χ4n) is 3.80. The molecule has 2 rings (SSSR count). The summed E-state index contributed by atoms with van der Waals surface area (Å²) < 4.78 is 28.8. The molecule has 0 bridgehead atoms. The summed E-state index contributed by atoms with van der Waals surface area (Å²) in [5.74, 6) is 0.145. The third-order valence-electron chi connectivity index (χ3n) is 5.19. The van der Waals surface area contributed by atoms with E-state index >= 15 is 0 Å². The lowest BCUT2D eigenvalue weighted by Gasteiger charge is -2.23. The molecule has 2 heteroatoms. The first kappa shape index (κ1) is 17.4. The molecule has 124 valence electrons. The van der Waals surface area contributed by atoms with Gasteiger partial charge in [0, 0.05) is 0 Å². The third kappa shape index (κ3) is 4.54. The van der Waals surface area contributed by atoms with E-state index in [9.17, 15) is 8.78 Å². The summed E-state index contributed by atoms with van der Waals surface area (Å²) in [6, 6.07) is 0. The van der Waals surface area contributed by atoms with Gasteiger partial charge in [0.15, 0.2) is 11.7 Å². The maximum Gasteiger partial charge on any atom is 0.161 e. The smallest absolute Gasteiger partial charge is 0.161 e. The lowest BCUT2D eigenvalue weighted by molar-refractivity contribution is 0.416. The third-order valence-corrected chi connectivity index (χ3v) is 5.19. The van der Waals surface area contributed by atoms with Crippen LogP contribution in [-0.2, 0) is 0 Å². The highest BCUT2D eigenvalue weighted by Crippen LogP contribution is 2.37. The lowest BCUT2D eigenvalue weighted by atomic mass is 9.84. The van der Waals surface area contributed by atoms with Crippen LogP contribution in [-0.4, -0.2) is 0 Å². The lowest BCUT2D eigenvalue weighted by Crippen LogP contribution is -2.08. The van der Waals surface area contributed by atoms with Crippen molar-refractivity contribution in [3.05, 3.63) is 35.0 Å². The molecule has 0 saturated heterocycles. The maximum atomic E-state index is 14.4. The van der Waals surface area contributed by atoms with Gasteiger partial charge in [0.05, 0.1) is 0 Å². The molecule has 2 aliphatic carbocycles. The molecule has 0 fully saturated rings. The van der Waals surface area contributed by atoms with E-state index in [2.05, 4.69) is 13.8 Å². The molecule has 2 aliphatic rings. The molecule has 0 radical (unpaired) electrons. The van der Waals surface area contributed by atoms with E-state index in [-0.39, 0.29) is 0 Å². The van der Waals surface area contributed by atoms with Crippen LogP contribution in [0.5, 0.6) is 0 Å². The zero-order chi connectivity index (χ0) is 15.9. The quantitative estimate of drug-likeness (QED) is 0.487. The summed E-state index contributed by atoms with van der Waals surface area (Å²) >= 11 is 0. The van der Waals surface area contributed by atoms with Crippen LogP contribution in [0.4, 0.5) is 8.78 Å². The summed E-state index contributed by atoms with van der Waals surface area (Å²) in [6.07, 6.45) is 13.8. The molecule has 2 unspecified atom stereocenters. The molecule has 0 amide bonds. The maximum absolute atomic E-state index is 14.4. The van der Waals surface area contributed by atoms with E-state index < -0.39 is 11.7 Å². The molecule has 22 heavy (non-hydrogen) atoms. The Morgan fingerprint density at radius 1 is 0.864 bits per heavy atom. The first-order valence-corrected chi connectivity index (χ1v) is 9.09. The Morgan fingerprint density at radius 2 is 1.27 bits per heavy atom. The number of allylic oxidation sites excluding steroid dienone is 6. The van der Waals surface area contributed by atoms with Crippen molar-refractivity contribution in [1.82, 2.24) is 0 Å². The average molecular weight is 308 g/mol. The van der Waals surface area contributed by atoms with Gasteiger partial charge in [-0.2, -0.15) is 0 Å². The molecule has 0 N–H and O–H groups in total. The van der Waals surface area contributed by atoms with E-state index in [1.54, 1.807) is 0 Å². The Balaban J connectivity index is 2.01. The van der Waals surface area contributed by atoms with Crippen molar-refractivity contribution in [3.8, 4) is 0 Å².